The molecule has 0 spiro atoms. The van der Waals surface area contributed by atoms with Crippen LogP contribution < -0.4 is 5.32 Å². The van der Waals surface area contributed by atoms with Gasteiger partial charge in [0.2, 0.25) is 0 Å². The largest absolute Gasteiger partial charge is 0.377 e. The number of nitrogens with one attached hydrogen (secondary N) is 1. The summed E-state index contributed by atoms with van der Waals surface area (Å²) in [5.41, 5.74) is 1.66. The maximum absolute atomic E-state index is 5.69. The standard InChI is InChI=1S/C17H31NO/c1-13(2)19-6-5-18-17-9-14-7-15(3,11-17)10-16(4,8-14)12-17/h13-14,18H,5-12H2,1-4H3. The van der Waals surface area contributed by atoms with Crippen molar-refractivity contribution in [2.75, 3.05) is 13.2 Å². The first-order valence-corrected chi connectivity index (χ1v) is 8.19. The van der Waals surface area contributed by atoms with Crippen LogP contribution in [0.25, 0.3) is 0 Å². The lowest BCUT2D eigenvalue weighted by Crippen LogP contribution is -2.64. The zero-order valence-electron chi connectivity index (χ0n) is 13.2. The SMILES string of the molecule is CC(C)OCCNC12CC3CC(C)(CC(C)(C3)C1)C2. The van der Waals surface area contributed by atoms with E-state index in [1.807, 2.05) is 0 Å². The molecule has 0 aliphatic heterocycles. The number of hydrogen-bond donors (Lipinski definition) is 1. The van der Waals surface area contributed by atoms with Gasteiger partial charge in [-0.15, -0.1) is 0 Å². The first kappa shape index (κ1) is 13.9. The molecule has 4 bridgehead atoms. The molecular formula is C17H31NO. The topological polar surface area (TPSA) is 21.3 Å². The van der Waals surface area contributed by atoms with Crippen LogP contribution in [0, 0.1) is 16.7 Å². The minimum Gasteiger partial charge on any atom is -0.377 e. The van der Waals surface area contributed by atoms with Gasteiger partial charge in [0.05, 0.1) is 12.7 Å². The Bertz CT molecular complexity index is 333. The van der Waals surface area contributed by atoms with Crippen LogP contribution in [0.2, 0.25) is 0 Å². The molecule has 4 rings (SSSR count). The van der Waals surface area contributed by atoms with Gasteiger partial charge >= 0.3 is 0 Å². The summed E-state index contributed by atoms with van der Waals surface area (Å²) in [5, 5.41) is 3.91. The molecule has 4 aliphatic rings. The highest BCUT2D eigenvalue weighted by Crippen LogP contribution is 2.66. The van der Waals surface area contributed by atoms with Crippen LogP contribution in [0.4, 0.5) is 0 Å². The second-order valence-corrected chi connectivity index (χ2v) is 8.76. The Morgan fingerprint density at radius 2 is 1.68 bits per heavy atom. The summed E-state index contributed by atoms with van der Waals surface area (Å²) in [5.74, 6) is 0.977. The summed E-state index contributed by atoms with van der Waals surface area (Å²) in [7, 11) is 0. The maximum Gasteiger partial charge on any atom is 0.0594 e. The molecule has 2 unspecified atom stereocenters. The Hall–Kier alpha value is -0.0800. The van der Waals surface area contributed by atoms with Crippen molar-refractivity contribution < 1.29 is 4.74 Å². The van der Waals surface area contributed by atoms with Crippen molar-refractivity contribution in [1.29, 1.82) is 0 Å². The van der Waals surface area contributed by atoms with Crippen LogP contribution in [-0.2, 0) is 4.74 Å². The third-order valence-electron chi connectivity index (χ3n) is 5.68. The normalized spacial score (nSPS) is 48.2. The minimum absolute atomic E-state index is 0.355. The second kappa shape index (κ2) is 4.46. The third kappa shape index (κ3) is 2.71. The summed E-state index contributed by atoms with van der Waals surface area (Å²) >= 11 is 0. The predicted octanol–water partition coefficient (Wildman–Crippen LogP) is 3.75. The Balaban J connectivity index is 1.64. The molecular weight excluding hydrogens is 234 g/mol. The van der Waals surface area contributed by atoms with Crippen LogP contribution in [0.3, 0.4) is 0 Å². The molecule has 4 aliphatic carbocycles. The van der Waals surface area contributed by atoms with Crippen LogP contribution in [0.15, 0.2) is 0 Å². The van der Waals surface area contributed by atoms with E-state index in [1.165, 1.54) is 38.5 Å². The monoisotopic (exact) mass is 265 g/mol. The fourth-order valence-electron chi connectivity index (χ4n) is 6.26. The molecule has 110 valence electrons. The second-order valence-electron chi connectivity index (χ2n) is 8.76. The van der Waals surface area contributed by atoms with Gasteiger partial charge in [0.15, 0.2) is 0 Å². The average molecular weight is 265 g/mol. The van der Waals surface area contributed by atoms with E-state index in [-0.39, 0.29) is 0 Å². The van der Waals surface area contributed by atoms with Gasteiger partial charge in [0.1, 0.15) is 0 Å². The van der Waals surface area contributed by atoms with Gasteiger partial charge in [-0.1, -0.05) is 13.8 Å². The first-order chi connectivity index (χ1) is 8.82. The summed E-state index contributed by atoms with van der Waals surface area (Å²) in [6.45, 7) is 11.2. The zero-order valence-corrected chi connectivity index (χ0v) is 13.2. The highest BCUT2D eigenvalue weighted by Gasteiger charge is 2.59. The minimum atomic E-state index is 0.355. The lowest BCUT2D eigenvalue weighted by atomic mass is 9.43. The van der Waals surface area contributed by atoms with Crippen molar-refractivity contribution in [3.8, 4) is 0 Å². The van der Waals surface area contributed by atoms with E-state index in [0.717, 1.165) is 19.1 Å². The smallest absolute Gasteiger partial charge is 0.0594 e. The molecule has 0 aromatic rings. The van der Waals surface area contributed by atoms with Crippen LogP contribution in [-0.4, -0.2) is 24.8 Å². The molecule has 4 fully saturated rings. The van der Waals surface area contributed by atoms with Crippen molar-refractivity contribution in [3.63, 3.8) is 0 Å². The first-order valence-electron chi connectivity index (χ1n) is 8.19. The summed E-state index contributed by atoms with van der Waals surface area (Å²) in [4.78, 5) is 0. The van der Waals surface area contributed by atoms with Crippen molar-refractivity contribution in [2.45, 2.75) is 77.9 Å². The summed E-state index contributed by atoms with van der Waals surface area (Å²) in [6, 6.07) is 0. The van der Waals surface area contributed by atoms with E-state index in [2.05, 4.69) is 33.0 Å². The molecule has 0 aromatic heterocycles. The third-order valence-corrected chi connectivity index (χ3v) is 5.68. The molecule has 4 saturated carbocycles. The molecule has 0 amide bonds. The van der Waals surface area contributed by atoms with Crippen molar-refractivity contribution >= 4 is 0 Å². The van der Waals surface area contributed by atoms with Gasteiger partial charge in [-0.25, -0.2) is 0 Å². The van der Waals surface area contributed by atoms with Gasteiger partial charge in [-0.2, -0.15) is 0 Å². The molecule has 2 nitrogen and oxygen atoms in total. The quantitative estimate of drug-likeness (QED) is 0.764. The lowest BCUT2D eigenvalue weighted by molar-refractivity contribution is -0.119. The fourth-order valence-corrected chi connectivity index (χ4v) is 6.26. The predicted molar refractivity (Wildman–Crippen MR) is 79.2 cm³/mol. The molecule has 0 saturated heterocycles. The van der Waals surface area contributed by atoms with Crippen LogP contribution >= 0.6 is 0 Å². The van der Waals surface area contributed by atoms with E-state index in [9.17, 15) is 0 Å². The maximum atomic E-state index is 5.69. The van der Waals surface area contributed by atoms with E-state index in [1.54, 1.807) is 0 Å². The number of ether oxygens (including phenoxy) is 1. The zero-order chi connectivity index (χ0) is 13.7. The molecule has 2 atom stereocenters. The van der Waals surface area contributed by atoms with E-state index in [4.69, 9.17) is 4.74 Å². The van der Waals surface area contributed by atoms with E-state index in [0.29, 0.717) is 22.5 Å². The Morgan fingerprint density at radius 1 is 1.05 bits per heavy atom. The number of hydrogen-bond acceptors (Lipinski definition) is 2. The van der Waals surface area contributed by atoms with Gasteiger partial charge in [-0.3, -0.25) is 0 Å². The van der Waals surface area contributed by atoms with Crippen LogP contribution in [0.1, 0.15) is 66.2 Å². The average Bonchev–Trinajstić information content (AvgIpc) is 2.18. The molecule has 0 radical (unpaired) electrons. The van der Waals surface area contributed by atoms with Crippen molar-refractivity contribution in [3.05, 3.63) is 0 Å². The lowest BCUT2D eigenvalue weighted by Gasteiger charge is -2.65. The molecule has 2 heteroatoms. The van der Waals surface area contributed by atoms with Gasteiger partial charge in [0.25, 0.3) is 0 Å². The van der Waals surface area contributed by atoms with Gasteiger partial charge in [-0.05, 0) is 69.1 Å². The van der Waals surface area contributed by atoms with Gasteiger partial charge in [0, 0.05) is 12.1 Å². The summed E-state index contributed by atoms with van der Waals surface area (Å²) in [6.07, 6.45) is 8.99. The van der Waals surface area contributed by atoms with Crippen molar-refractivity contribution in [1.82, 2.24) is 5.32 Å². The molecule has 1 N–H and O–H groups in total. The molecule has 19 heavy (non-hydrogen) atoms. The number of rotatable bonds is 5. The Morgan fingerprint density at radius 3 is 2.21 bits per heavy atom. The highest BCUT2D eigenvalue weighted by atomic mass is 16.5. The van der Waals surface area contributed by atoms with Crippen molar-refractivity contribution in [2.24, 2.45) is 16.7 Å². The van der Waals surface area contributed by atoms with Crippen LogP contribution in [0.5, 0.6) is 0 Å². The summed E-state index contributed by atoms with van der Waals surface area (Å²) < 4.78 is 5.69. The fraction of sp³-hybridized carbons (Fsp3) is 1.00. The Labute approximate surface area is 118 Å². The molecule has 0 aromatic carbocycles. The molecule has 0 heterocycles. The van der Waals surface area contributed by atoms with E-state index < -0.39 is 0 Å². The van der Waals surface area contributed by atoms with Gasteiger partial charge < -0.3 is 10.1 Å². The highest BCUT2D eigenvalue weighted by molar-refractivity contribution is 5.14. The van der Waals surface area contributed by atoms with E-state index >= 15 is 0 Å². The Kier molecular flexibility index (Phi) is 3.26.